The van der Waals surface area contributed by atoms with Crippen LogP contribution in [0.3, 0.4) is 0 Å². The van der Waals surface area contributed by atoms with Gasteiger partial charge in [0.2, 0.25) is 6.29 Å². The molecule has 0 radical (unpaired) electrons. The first kappa shape index (κ1) is 37.2. The zero-order valence-electron chi connectivity index (χ0n) is 28.8. The number of hydrogen-bond donors (Lipinski definition) is 5. The summed E-state index contributed by atoms with van der Waals surface area (Å²) in [4.78, 5) is 43.8. The highest BCUT2D eigenvalue weighted by molar-refractivity contribution is 6.06. The van der Waals surface area contributed by atoms with E-state index in [1.165, 1.54) is 37.4 Å². The van der Waals surface area contributed by atoms with E-state index in [0.717, 1.165) is 5.57 Å². The van der Waals surface area contributed by atoms with Crippen molar-refractivity contribution in [3.8, 4) is 17.2 Å². The van der Waals surface area contributed by atoms with Crippen molar-refractivity contribution in [1.29, 1.82) is 0 Å². The number of carbonyl (C=O) groups is 2. The molecule has 1 saturated heterocycles. The van der Waals surface area contributed by atoms with Crippen LogP contribution < -0.4 is 21.2 Å². The molecule has 0 unspecified atom stereocenters. The number of allylic oxidation sites excluding steroid dienone is 2. The Morgan fingerprint density at radius 3 is 2.49 bits per heavy atom. The van der Waals surface area contributed by atoms with Gasteiger partial charge in [-0.2, -0.15) is 5.48 Å². The van der Waals surface area contributed by atoms with Gasteiger partial charge in [0.15, 0.2) is 23.6 Å². The summed E-state index contributed by atoms with van der Waals surface area (Å²) in [5.41, 5.74) is 1.49. The maximum atomic E-state index is 13.1. The van der Waals surface area contributed by atoms with Crippen LogP contribution in [-0.4, -0.2) is 71.2 Å². The van der Waals surface area contributed by atoms with E-state index >= 15 is 0 Å². The number of ether oxygens (including phenoxy) is 4. The summed E-state index contributed by atoms with van der Waals surface area (Å²) in [7, 11) is 1.39. The van der Waals surface area contributed by atoms with Gasteiger partial charge in [0.1, 0.15) is 23.2 Å². The molecule has 1 aromatic heterocycles. The minimum Gasteiger partial charge on any atom is -0.508 e. The molecule has 49 heavy (non-hydrogen) atoms. The van der Waals surface area contributed by atoms with Gasteiger partial charge in [-0.25, -0.2) is 9.59 Å². The van der Waals surface area contributed by atoms with E-state index in [1.54, 1.807) is 20.8 Å². The monoisotopic (exact) mass is 684 g/mol. The van der Waals surface area contributed by atoms with E-state index in [0.29, 0.717) is 12.0 Å². The molecule has 14 heteroatoms. The summed E-state index contributed by atoms with van der Waals surface area (Å²) in [6.07, 6.45) is -3.71. The number of hydroxylamine groups is 1. The van der Waals surface area contributed by atoms with Crippen LogP contribution in [0.25, 0.3) is 11.0 Å². The van der Waals surface area contributed by atoms with E-state index in [9.17, 15) is 29.7 Å². The molecule has 0 spiro atoms. The van der Waals surface area contributed by atoms with Crippen molar-refractivity contribution < 1.29 is 53.1 Å². The van der Waals surface area contributed by atoms with Gasteiger partial charge < -0.3 is 44.0 Å². The lowest BCUT2D eigenvalue weighted by Gasteiger charge is -2.47. The number of fused-ring (bicyclic) bond motifs is 1. The molecule has 1 aliphatic heterocycles. The highest BCUT2D eigenvalue weighted by atomic mass is 16.7. The highest BCUT2D eigenvalue weighted by Crippen LogP contribution is 2.38. The Labute approximate surface area is 283 Å². The lowest BCUT2D eigenvalue weighted by atomic mass is 9.89. The number of aliphatic hydroxyl groups is 1. The topological polar surface area (TPSA) is 195 Å². The predicted octanol–water partition coefficient (Wildman–Crippen LogP) is 4.85. The van der Waals surface area contributed by atoms with Crippen molar-refractivity contribution >= 4 is 28.7 Å². The Hall–Kier alpha value is -4.63. The van der Waals surface area contributed by atoms with E-state index < -0.39 is 59.3 Å². The van der Waals surface area contributed by atoms with E-state index in [-0.39, 0.29) is 46.1 Å². The first-order valence-corrected chi connectivity index (χ1v) is 15.7. The maximum Gasteiger partial charge on any atom is 0.431 e. The van der Waals surface area contributed by atoms with Gasteiger partial charge >= 0.3 is 11.7 Å². The van der Waals surface area contributed by atoms with Gasteiger partial charge in [0.25, 0.3) is 5.91 Å². The third-order valence-electron chi connectivity index (χ3n) is 7.89. The van der Waals surface area contributed by atoms with Crippen LogP contribution in [0.4, 0.5) is 10.5 Å². The molecule has 0 aliphatic carbocycles. The number of phenols is 1. The van der Waals surface area contributed by atoms with Gasteiger partial charge in [-0.05, 0) is 82.9 Å². The number of methoxy groups -OCH3 is 1. The number of carbonyl (C=O) groups excluding carboxylic acids is 2. The summed E-state index contributed by atoms with van der Waals surface area (Å²) in [6.45, 7) is 12.8. The summed E-state index contributed by atoms with van der Waals surface area (Å²) in [5, 5.41) is 35.0. The molecule has 5 N–H and O–H groups in total. The summed E-state index contributed by atoms with van der Waals surface area (Å²) >= 11 is 0. The van der Waals surface area contributed by atoms with Crippen LogP contribution in [-0.2, 0) is 25.5 Å². The van der Waals surface area contributed by atoms with Crippen molar-refractivity contribution in [3.05, 3.63) is 69.1 Å². The van der Waals surface area contributed by atoms with Crippen LogP contribution in [0.5, 0.6) is 17.2 Å². The fraction of sp³-hybridized carbons (Fsp3) is 0.457. The van der Waals surface area contributed by atoms with Crippen LogP contribution >= 0.6 is 0 Å². The Balaban J connectivity index is 1.58. The zero-order chi connectivity index (χ0) is 36.2. The third kappa shape index (κ3) is 8.51. The first-order valence-electron chi connectivity index (χ1n) is 15.7. The number of aryl methyl sites for hydroxylation is 1. The molecule has 4 rings (SSSR count). The van der Waals surface area contributed by atoms with E-state index in [1.807, 2.05) is 33.8 Å². The normalized spacial score (nSPS) is 20.1. The second-order valence-electron chi connectivity index (χ2n) is 13.0. The fourth-order valence-electron chi connectivity index (χ4n) is 5.34. The second-order valence-corrected chi connectivity index (χ2v) is 13.0. The summed E-state index contributed by atoms with van der Waals surface area (Å²) in [5.74, 6) is -0.941. The largest absolute Gasteiger partial charge is 0.508 e. The number of rotatable bonds is 11. The number of benzene rings is 2. The molecule has 0 bridgehead atoms. The summed E-state index contributed by atoms with van der Waals surface area (Å²) in [6, 6.07) is 7.15. The smallest absolute Gasteiger partial charge is 0.431 e. The number of aromatic hydroxyl groups is 2. The molecule has 266 valence electrons. The van der Waals surface area contributed by atoms with Crippen molar-refractivity contribution in [2.24, 2.45) is 5.92 Å². The van der Waals surface area contributed by atoms with Crippen LogP contribution in [0, 0.1) is 12.8 Å². The van der Waals surface area contributed by atoms with Gasteiger partial charge in [-0.15, -0.1) is 0 Å². The van der Waals surface area contributed by atoms with Gasteiger partial charge in [0, 0.05) is 18.2 Å². The predicted molar refractivity (Wildman–Crippen MR) is 179 cm³/mol. The molecule has 1 aliphatic rings. The number of amides is 2. The number of aliphatic hydroxyl groups excluding tert-OH is 1. The average Bonchev–Trinajstić information content (AvgIpc) is 3.02. The number of hydrogen-bond acceptors (Lipinski definition) is 12. The average molecular weight is 685 g/mol. The molecule has 14 nitrogen and oxygen atoms in total. The lowest BCUT2D eigenvalue weighted by molar-refractivity contribution is -0.305. The molecule has 2 amide bonds. The molecule has 2 heterocycles. The maximum absolute atomic E-state index is 13.1. The fourth-order valence-corrected chi connectivity index (χ4v) is 5.34. The van der Waals surface area contributed by atoms with Crippen LogP contribution in [0.2, 0.25) is 0 Å². The van der Waals surface area contributed by atoms with Gasteiger partial charge in [-0.1, -0.05) is 25.5 Å². The second kappa shape index (κ2) is 15.3. The molecular formula is C35H44N2O12. The zero-order valence-corrected chi connectivity index (χ0v) is 28.8. The molecular weight excluding hydrogens is 640 g/mol. The van der Waals surface area contributed by atoms with Crippen molar-refractivity contribution in [2.45, 2.75) is 85.1 Å². The molecule has 4 atom stereocenters. The number of anilines is 1. The SMILES string of the molecule is CO[C@@H]1[C@@H](OC(=O)NOCC(C)C)[C@@H](O)[C@H](Oc2ccc3c(O)c(NC(=O)c4ccc(O)c(CC=C(C)C)c4)c(=O)oc3c2C)OC1(C)C. The standard InChI is InChI=1S/C35H44N2O12/c1-17(2)9-10-20-15-21(11-13-23(20)38)31(41)36-25-26(39)22-12-14-24(19(5)28(22)47-32(25)42)46-33-27(40)29(30(44-8)35(6,7)49-33)48-34(43)37-45-16-18(3)4/h9,11-15,18,27,29-30,33,38-40H,10,16H2,1-8H3,(H,36,41)(H,37,43)/t27-,29+,30-,33-/m1/s1. The molecule has 2 aromatic carbocycles. The van der Waals surface area contributed by atoms with Crippen molar-refractivity contribution in [2.75, 3.05) is 19.0 Å². The quantitative estimate of drug-likeness (QED) is 0.105. The Morgan fingerprint density at radius 1 is 1.12 bits per heavy atom. The third-order valence-corrected chi connectivity index (χ3v) is 7.89. The Morgan fingerprint density at radius 2 is 1.84 bits per heavy atom. The Bertz CT molecular complexity index is 1780. The molecule has 1 fully saturated rings. The van der Waals surface area contributed by atoms with E-state index in [4.69, 9.17) is 28.2 Å². The molecule has 3 aromatic rings. The van der Waals surface area contributed by atoms with Gasteiger partial charge in [0.05, 0.1) is 17.6 Å². The number of phenolic OH excluding ortho intramolecular Hbond substituents is 1. The van der Waals surface area contributed by atoms with E-state index in [2.05, 4.69) is 10.8 Å². The number of nitrogens with one attached hydrogen (secondary N) is 2. The van der Waals surface area contributed by atoms with Crippen LogP contribution in [0.1, 0.15) is 63.0 Å². The minimum absolute atomic E-state index is 0.0177. The van der Waals surface area contributed by atoms with Gasteiger partial charge in [-0.3, -0.25) is 9.63 Å². The van der Waals surface area contributed by atoms with Crippen LogP contribution in [0.15, 0.2) is 51.2 Å². The van der Waals surface area contributed by atoms with Crippen molar-refractivity contribution in [3.63, 3.8) is 0 Å². The molecule has 0 saturated carbocycles. The minimum atomic E-state index is -1.54. The highest BCUT2D eigenvalue weighted by Gasteiger charge is 2.53. The lowest BCUT2D eigenvalue weighted by Crippen LogP contribution is -2.65. The summed E-state index contributed by atoms with van der Waals surface area (Å²) < 4.78 is 28.6. The first-order chi connectivity index (χ1) is 23.0. The van der Waals surface area contributed by atoms with Crippen molar-refractivity contribution in [1.82, 2.24) is 5.48 Å². The Kier molecular flexibility index (Phi) is 11.6.